The zero-order valence-electron chi connectivity index (χ0n) is 21.5. The predicted molar refractivity (Wildman–Crippen MR) is 140 cm³/mol. The van der Waals surface area contributed by atoms with Crippen LogP contribution in [0.3, 0.4) is 0 Å². The molecule has 0 spiro atoms. The standard InChI is InChI=1S/C25H36N4O6S/c1-6-15(4)22(36-16(5)30)23(32)28-19-11-9-17-13-18(27-25(34)26-7-2)10-12-20(17)29(24(19)33)14-21(31)35-8-3/h10,12-13,15,19,22H,6-9,11,14H2,1-5H3,(H,28,32)(H2,26,27,34)/t15-,19?,22-/m0/s1. The summed E-state index contributed by atoms with van der Waals surface area (Å²) in [4.78, 5) is 64.1. The van der Waals surface area contributed by atoms with E-state index >= 15 is 0 Å². The topological polar surface area (TPSA) is 134 Å². The molecule has 1 aliphatic heterocycles. The molecule has 1 aromatic rings. The number of amides is 4. The predicted octanol–water partition coefficient (Wildman–Crippen LogP) is 2.85. The number of ether oxygens (including phenoxy) is 1. The van der Waals surface area contributed by atoms with Crippen LogP contribution in [0.25, 0.3) is 0 Å². The highest BCUT2D eigenvalue weighted by Gasteiger charge is 2.35. The molecule has 10 nitrogen and oxygen atoms in total. The van der Waals surface area contributed by atoms with E-state index in [0.717, 1.165) is 17.3 Å². The van der Waals surface area contributed by atoms with E-state index in [4.69, 9.17) is 4.74 Å². The minimum atomic E-state index is -0.891. The van der Waals surface area contributed by atoms with E-state index in [0.29, 0.717) is 37.2 Å². The fourth-order valence-corrected chi connectivity index (χ4v) is 4.86. The van der Waals surface area contributed by atoms with Crippen molar-refractivity contribution < 1.29 is 28.7 Å². The maximum atomic E-state index is 13.6. The van der Waals surface area contributed by atoms with Gasteiger partial charge in [-0.2, -0.15) is 0 Å². The molecule has 3 N–H and O–H groups in total. The number of anilines is 2. The molecule has 4 amide bonds. The van der Waals surface area contributed by atoms with Crippen molar-refractivity contribution in [3.8, 4) is 0 Å². The van der Waals surface area contributed by atoms with Crippen LogP contribution in [0.4, 0.5) is 16.2 Å². The average Bonchev–Trinajstić information content (AvgIpc) is 2.94. The van der Waals surface area contributed by atoms with Gasteiger partial charge in [0, 0.05) is 24.8 Å². The largest absolute Gasteiger partial charge is 0.465 e. The normalized spacial score (nSPS) is 16.8. The first-order valence-corrected chi connectivity index (χ1v) is 13.1. The Morgan fingerprint density at radius 2 is 1.92 bits per heavy atom. The van der Waals surface area contributed by atoms with E-state index in [1.807, 2.05) is 20.8 Å². The number of esters is 1. The summed E-state index contributed by atoms with van der Waals surface area (Å²) in [6.45, 7) is 9.06. The van der Waals surface area contributed by atoms with Crippen molar-refractivity contribution in [1.82, 2.24) is 10.6 Å². The third kappa shape index (κ3) is 7.97. The molecule has 1 aliphatic rings. The number of carbonyl (C=O) groups excluding carboxylic acids is 5. The van der Waals surface area contributed by atoms with Crippen LogP contribution in [0.1, 0.15) is 53.0 Å². The zero-order chi connectivity index (χ0) is 26.8. The second-order valence-corrected chi connectivity index (χ2v) is 9.89. The fourth-order valence-electron chi connectivity index (χ4n) is 3.90. The van der Waals surface area contributed by atoms with Crippen LogP contribution in [-0.2, 0) is 30.3 Å². The van der Waals surface area contributed by atoms with Crippen LogP contribution in [0, 0.1) is 5.92 Å². The van der Waals surface area contributed by atoms with Crippen LogP contribution in [-0.4, -0.2) is 59.9 Å². The number of nitrogens with zero attached hydrogens (tertiary/aromatic N) is 1. The van der Waals surface area contributed by atoms with Crippen LogP contribution < -0.4 is 20.9 Å². The molecule has 0 saturated heterocycles. The lowest BCUT2D eigenvalue weighted by Crippen LogP contribution is -2.52. The molecule has 36 heavy (non-hydrogen) atoms. The lowest BCUT2D eigenvalue weighted by atomic mass is 10.0. The van der Waals surface area contributed by atoms with Gasteiger partial charge < -0.3 is 20.7 Å². The van der Waals surface area contributed by atoms with E-state index in [1.54, 1.807) is 25.1 Å². The minimum absolute atomic E-state index is 0.0736. The quantitative estimate of drug-likeness (QED) is 0.404. The van der Waals surface area contributed by atoms with Gasteiger partial charge in [-0.15, -0.1) is 0 Å². The Kier molecular flexibility index (Phi) is 11.2. The highest BCUT2D eigenvalue weighted by Crippen LogP contribution is 2.31. The molecule has 1 unspecified atom stereocenters. The second kappa shape index (κ2) is 13.9. The molecule has 0 bridgehead atoms. The number of hydrogen-bond acceptors (Lipinski definition) is 7. The van der Waals surface area contributed by atoms with E-state index in [9.17, 15) is 24.0 Å². The summed E-state index contributed by atoms with van der Waals surface area (Å²) < 4.78 is 5.07. The molecule has 3 atom stereocenters. The third-order valence-electron chi connectivity index (χ3n) is 5.85. The molecule has 0 aromatic heterocycles. The summed E-state index contributed by atoms with van der Waals surface area (Å²) in [7, 11) is 0. The minimum Gasteiger partial charge on any atom is -0.465 e. The molecule has 0 fully saturated rings. The van der Waals surface area contributed by atoms with Gasteiger partial charge in [0.05, 0.1) is 11.9 Å². The van der Waals surface area contributed by atoms with E-state index in [2.05, 4.69) is 16.0 Å². The van der Waals surface area contributed by atoms with Gasteiger partial charge >= 0.3 is 12.0 Å². The number of rotatable bonds is 10. The summed E-state index contributed by atoms with van der Waals surface area (Å²) in [6.07, 6.45) is 1.41. The molecule has 2 rings (SSSR count). The number of nitrogens with one attached hydrogen (secondary N) is 3. The molecule has 0 aliphatic carbocycles. The van der Waals surface area contributed by atoms with Crippen molar-refractivity contribution in [2.24, 2.45) is 5.92 Å². The molecular weight excluding hydrogens is 484 g/mol. The zero-order valence-corrected chi connectivity index (χ0v) is 22.3. The Bertz CT molecular complexity index is 985. The van der Waals surface area contributed by atoms with Crippen LogP contribution >= 0.6 is 11.8 Å². The van der Waals surface area contributed by atoms with E-state index in [-0.39, 0.29) is 36.1 Å². The number of thioether (sulfide) groups is 1. The first kappa shape index (κ1) is 29.2. The lowest BCUT2D eigenvalue weighted by Gasteiger charge is -2.27. The lowest BCUT2D eigenvalue weighted by molar-refractivity contribution is -0.142. The number of aryl methyl sites for hydroxylation is 1. The van der Waals surface area contributed by atoms with Gasteiger partial charge in [-0.05, 0) is 56.4 Å². The third-order valence-corrected chi connectivity index (χ3v) is 7.12. The highest BCUT2D eigenvalue weighted by molar-refractivity contribution is 8.14. The molecular formula is C25H36N4O6S. The Morgan fingerprint density at radius 1 is 1.19 bits per heavy atom. The van der Waals surface area contributed by atoms with Crippen LogP contribution in [0.2, 0.25) is 0 Å². The van der Waals surface area contributed by atoms with Crippen molar-refractivity contribution >= 4 is 52.1 Å². The number of carbonyl (C=O) groups is 5. The monoisotopic (exact) mass is 520 g/mol. The molecule has 1 heterocycles. The van der Waals surface area contributed by atoms with Crippen molar-refractivity contribution in [3.63, 3.8) is 0 Å². The van der Waals surface area contributed by atoms with Crippen LogP contribution in [0.5, 0.6) is 0 Å². The highest BCUT2D eigenvalue weighted by atomic mass is 32.2. The van der Waals surface area contributed by atoms with Gasteiger partial charge in [-0.1, -0.05) is 32.0 Å². The Balaban J connectivity index is 2.35. The Labute approximate surface area is 216 Å². The van der Waals surface area contributed by atoms with Crippen molar-refractivity contribution in [2.45, 2.75) is 65.2 Å². The molecule has 0 saturated carbocycles. The van der Waals surface area contributed by atoms with Gasteiger partial charge in [0.15, 0.2) is 5.12 Å². The summed E-state index contributed by atoms with van der Waals surface area (Å²) in [6, 6.07) is 3.84. The maximum absolute atomic E-state index is 13.6. The number of benzene rings is 1. The number of urea groups is 1. The first-order valence-electron chi connectivity index (χ1n) is 12.2. The first-order chi connectivity index (χ1) is 17.1. The van der Waals surface area contributed by atoms with Crippen LogP contribution in [0.15, 0.2) is 18.2 Å². The molecule has 0 radical (unpaired) electrons. The Morgan fingerprint density at radius 3 is 2.53 bits per heavy atom. The van der Waals surface area contributed by atoms with Crippen molar-refractivity contribution in [2.75, 3.05) is 29.9 Å². The molecule has 1 aromatic carbocycles. The molecule has 198 valence electrons. The van der Waals surface area contributed by atoms with Crippen molar-refractivity contribution in [1.29, 1.82) is 0 Å². The maximum Gasteiger partial charge on any atom is 0.326 e. The van der Waals surface area contributed by atoms with Gasteiger partial charge in [0.25, 0.3) is 0 Å². The number of fused-ring (bicyclic) bond motifs is 1. The Hall–Kier alpha value is -3.08. The fraction of sp³-hybridized carbons (Fsp3) is 0.560. The smallest absolute Gasteiger partial charge is 0.326 e. The second-order valence-electron chi connectivity index (χ2n) is 8.57. The summed E-state index contributed by atoms with van der Waals surface area (Å²) in [5.41, 5.74) is 1.80. The molecule has 11 heteroatoms. The van der Waals surface area contributed by atoms with Gasteiger partial charge in [-0.3, -0.25) is 24.1 Å². The van der Waals surface area contributed by atoms with E-state index in [1.165, 1.54) is 11.8 Å². The van der Waals surface area contributed by atoms with Gasteiger partial charge in [0.1, 0.15) is 12.6 Å². The van der Waals surface area contributed by atoms with Gasteiger partial charge in [-0.25, -0.2) is 4.79 Å². The summed E-state index contributed by atoms with van der Waals surface area (Å²) in [5.74, 6) is -1.47. The average molecular weight is 521 g/mol. The van der Waals surface area contributed by atoms with Crippen molar-refractivity contribution in [3.05, 3.63) is 23.8 Å². The van der Waals surface area contributed by atoms with Gasteiger partial charge in [0.2, 0.25) is 11.8 Å². The SMILES string of the molecule is CCNC(=O)Nc1ccc2c(c1)CCC(NC(=O)[C@@H](SC(C)=O)[C@@H](C)CC)C(=O)N2CC(=O)OCC. The number of hydrogen-bond donors (Lipinski definition) is 3. The summed E-state index contributed by atoms with van der Waals surface area (Å²) in [5, 5.41) is 7.43. The van der Waals surface area contributed by atoms with E-state index < -0.39 is 23.2 Å². The summed E-state index contributed by atoms with van der Waals surface area (Å²) >= 11 is 0.956.